The first kappa shape index (κ1) is 21.5. The molecular formula is C27H21N7O2. The molecule has 4 heterocycles. The number of hydrogen-bond donors (Lipinski definition) is 1. The number of nitrogens with one attached hydrogen (secondary N) is 1. The molecule has 0 radical (unpaired) electrons. The minimum Gasteiger partial charge on any atom is -0.467 e. The molecule has 9 heteroatoms. The lowest BCUT2D eigenvalue weighted by molar-refractivity contribution is 0.0952. The maximum atomic E-state index is 13.4. The highest BCUT2D eigenvalue weighted by Crippen LogP contribution is 2.25. The predicted molar refractivity (Wildman–Crippen MR) is 133 cm³/mol. The molecule has 2 aromatic carbocycles. The summed E-state index contributed by atoms with van der Waals surface area (Å²) in [6, 6.07) is 23.1. The minimum atomic E-state index is -0.197. The quantitative estimate of drug-likeness (QED) is 0.370. The summed E-state index contributed by atoms with van der Waals surface area (Å²) in [4.78, 5) is 22.2. The Morgan fingerprint density at radius 3 is 2.58 bits per heavy atom. The number of furan rings is 1. The molecule has 0 spiro atoms. The zero-order valence-electron chi connectivity index (χ0n) is 19.2. The SMILES string of the molecule is O=C(NCc1ccc(-n2cncn2)cc1)c1cc(-c2ccccc2)nc2c1cnn2Cc1ccco1. The molecule has 0 unspecified atom stereocenters. The molecule has 0 fully saturated rings. The monoisotopic (exact) mass is 475 g/mol. The zero-order valence-corrected chi connectivity index (χ0v) is 19.2. The zero-order chi connectivity index (χ0) is 24.3. The van der Waals surface area contributed by atoms with Crippen LogP contribution in [0, 0.1) is 0 Å². The number of aromatic nitrogens is 6. The van der Waals surface area contributed by atoms with Gasteiger partial charge < -0.3 is 9.73 Å². The molecule has 6 rings (SSSR count). The van der Waals surface area contributed by atoms with Gasteiger partial charge in [-0.3, -0.25) is 4.79 Å². The molecule has 0 aliphatic heterocycles. The smallest absolute Gasteiger partial charge is 0.252 e. The Morgan fingerprint density at radius 1 is 0.972 bits per heavy atom. The topological polar surface area (TPSA) is 104 Å². The Kier molecular flexibility index (Phi) is 5.55. The summed E-state index contributed by atoms with van der Waals surface area (Å²) in [5, 5.41) is 12.4. The van der Waals surface area contributed by atoms with Crippen molar-refractivity contribution in [1.82, 2.24) is 34.8 Å². The molecule has 176 valence electrons. The standard InChI is InChI=1S/C27H21N7O2/c35-27(29-14-19-8-10-21(11-9-19)34-18-28-17-31-34)23-13-25(20-5-2-1-3-6-20)32-26-24(23)15-30-33(26)16-22-7-4-12-36-22/h1-13,15,17-18H,14,16H2,(H,29,35). The van der Waals surface area contributed by atoms with Crippen LogP contribution in [-0.4, -0.2) is 35.4 Å². The van der Waals surface area contributed by atoms with Crippen LogP contribution >= 0.6 is 0 Å². The number of pyridine rings is 1. The van der Waals surface area contributed by atoms with Crippen molar-refractivity contribution < 1.29 is 9.21 Å². The van der Waals surface area contributed by atoms with E-state index in [2.05, 4.69) is 20.5 Å². The van der Waals surface area contributed by atoms with Gasteiger partial charge >= 0.3 is 0 Å². The first-order chi connectivity index (χ1) is 17.7. The fraction of sp³-hybridized carbons (Fsp3) is 0.0741. The van der Waals surface area contributed by atoms with E-state index >= 15 is 0 Å². The maximum absolute atomic E-state index is 13.4. The molecule has 0 saturated carbocycles. The highest BCUT2D eigenvalue weighted by molar-refractivity contribution is 6.06. The number of hydrogen-bond acceptors (Lipinski definition) is 6. The normalized spacial score (nSPS) is 11.1. The second-order valence-corrected chi connectivity index (χ2v) is 8.23. The molecule has 0 atom stereocenters. The number of benzene rings is 2. The number of carbonyl (C=O) groups excluding carboxylic acids is 1. The summed E-state index contributed by atoms with van der Waals surface area (Å²) in [7, 11) is 0. The third-order valence-electron chi connectivity index (χ3n) is 5.88. The Labute approximate surface area is 206 Å². The van der Waals surface area contributed by atoms with E-state index < -0.39 is 0 Å². The summed E-state index contributed by atoms with van der Waals surface area (Å²) in [5.41, 5.74) is 4.62. The fourth-order valence-corrected chi connectivity index (χ4v) is 4.04. The van der Waals surface area contributed by atoms with E-state index in [1.165, 1.54) is 6.33 Å². The van der Waals surface area contributed by atoms with Crippen molar-refractivity contribution in [1.29, 1.82) is 0 Å². The lowest BCUT2D eigenvalue weighted by Gasteiger charge is -2.10. The van der Waals surface area contributed by atoms with E-state index in [-0.39, 0.29) is 5.91 Å². The van der Waals surface area contributed by atoms with E-state index in [9.17, 15) is 4.79 Å². The lowest BCUT2D eigenvalue weighted by atomic mass is 10.1. The van der Waals surface area contributed by atoms with Crippen molar-refractivity contribution in [3.05, 3.63) is 115 Å². The van der Waals surface area contributed by atoms with Crippen LogP contribution < -0.4 is 5.32 Å². The Hall–Kier alpha value is -5.05. The average molecular weight is 476 g/mol. The molecule has 1 amide bonds. The van der Waals surface area contributed by atoms with Crippen LogP contribution in [0.3, 0.4) is 0 Å². The van der Waals surface area contributed by atoms with Crippen LogP contribution in [0.5, 0.6) is 0 Å². The highest BCUT2D eigenvalue weighted by Gasteiger charge is 2.18. The van der Waals surface area contributed by atoms with Crippen LogP contribution in [0.4, 0.5) is 0 Å². The Morgan fingerprint density at radius 2 is 1.83 bits per heavy atom. The Bertz CT molecular complexity index is 1600. The van der Waals surface area contributed by atoms with Crippen molar-refractivity contribution >= 4 is 16.9 Å². The number of carbonyl (C=O) groups is 1. The first-order valence-corrected chi connectivity index (χ1v) is 11.4. The number of fused-ring (bicyclic) bond motifs is 1. The molecule has 0 aliphatic rings. The fourth-order valence-electron chi connectivity index (χ4n) is 4.04. The van der Waals surface area contributed by atoms with Crippen LogP contribution in [0.15, 0.2) is 102 Å². The van der Waals surface area contributed by atoms with Gasteiger partial charge in [-0.2, -0.15) is 10.2 Å². The van der Waals surface area contributed by atoms with Crippen LogP contribution in [0.1, 0.15) is 21.7 Å². The van der Waals surface area contributed by atoms with Gasteiger partial charge in [-0.15, -0.1) is 0 Å². The molecule has 0 bridgehead atoms. The van der Waals surface area contributed by atoms with Gasteiger partial charge in [0.1, 0.15) is 25.0 Å². The van der Waals surface area contributed by atoms with Gasteiger partial charge in [-0.25, -0.2) is 19.3 Å². The van der Waals surface area contributed by atoms with Gasteiger partial charge in [0.25, 0.3) is 5.91 Å². The summed E-state index contributed by atoms with van der Waals surface area (Å²) >= 11 is 0. The van der Waals surface area contributed by atoms with Gasteiger partial charge in [-0.05, 0) is 35.9 Å². The van der Waals surface area contributed by atoms with Gasteiger partial charge in [-0.1, -0.05) is 42.5 Å². The third kappa shape index (κ3) is 4.25. The Balaban J connectivity index is 1.30. The lowest BCUT2D eigenvalue weighted by Crippen LogP contribution is -2.23. The molecule has 4 aromatic heterocycles. The van der Waals surface area contributed by atoms with Crippen molar-refractivity contribution in [3.63, 3.8) is 0 Å². The molecule has 9 nitrogen and oxygen atoms in total. The second kappa shape index (κ2) is 9.30. The molecule has 1 N–H and O–H groups in total. The largest absolute Gasteiger partial charge is 0.467 e. The van der Waals surface area contributed by atoms with Crippen molar-refractivity contribution in [2.45, 2.75) is 13.1 Å². The summed E-state index contributed by atoms with van der Waals surface area (Å²) < 4.78 is 8.92. The first-order valence-electron chi connectivity index (χ1n) is 11.4. The third-order valence-corrected chi connectivity index (χ3v) is 5.88. The van der Waals surface area contributed by atoms with Crippen molar-refractivity contribution in [2.75, 3.05) is 0 Å². The predicted octanol–water partition coefficient (Wildman–Crippen LogP) is 4.25. The van der Waals surface area contributed by atoms with Gasteiger partial charge in [0.05, 0.1) is 34.8 Å². The summed E-state index contributed by atoms with van der Waals surface area (Å²) in [5.74, 6) is 0.560. The van der Waals surface area contributed by atoms with Crippen LogP contribution in [-0.2, 0) is 13.1 Å². The molecule has 36 heavy (non-hydrogen) atoms. The van der Waals surface area contributed by atoms with E-state index in [0.29, 0.717) is 35.4 Å². The van der Waals surface area contributed by atoms with Gasteiger partial charge in [0.2, 0.25) is 0 Å². The minimum absolute atomic E-state index is 0.197. The number of nitrogens with zero attached hydrogens (tertiary/aromatic N) is 6. The summed E-state index contributed by atoms with van der Waals surface area (Å²) in [6.07, 6.45) is 6.44. The van der Waals surface area contributed by atoms with E-state index in [1.54, 1.807) is 28.2 Å². The summed E-state index contributed by atoms with van der Waals surface area (Å²) in [6.45, 7) is 0.794. The molecule has 6 aromatic rings. The number of rotatable bonds is 7. The van der Waals surface area contributed by atoms with Crippen molar-refractivity contribution in [3.8, 4) is 16.9 Å². The van der Waals surface area contributed by atoms with Gasteiger partial charge in [0.15, 0.2) is 5.65 Å². The van der Waals surface area contributed by atoms with E-state index in [4.69, 9.17) is 9.40 Å². The molecule has 0 aliphatic carbocycles. The second-order valence-electron chi connectivity index (χ2n) is 8.23. The number of amides is 1. The maximum Gasteiger partial charge on any atom is 0.252 e. The van der Waals surface area contributed by atoms with Gasteiger partial charge in [0, 0.05) is 12.1 Å². The molecule has 0 saturated heterocycles. The van der Waals surface area contributed by atoms with Crippen molar-refractivity contribution in [2.24, 2.45) is 0 Å². The van der Waals surface area contributed by atoms with Crippen LogP contribution in [0.2, 0.25) is 0 Å². The van der Waals surface area contributed by atoms with Crippen LogP contribution in [0.25, 0.3) is 28.0 Å². The molecular weight excluding hydrogens is 454 g/mol. The van der Waals surface area contributed by atoms with E-state index in [0.717, 1.165) is 22.6 Å². The average Bonchev–Trinajstić information content (AvgIpc) is 3.71. The van der Waals surface area contributed by atoms with E-state index in [1.807, 2.05) is 72.8 Å². The highest BCUT2D eigenvalue weighted by atomic mass is 16.3.